The second kappa shape index (κ2) is 12.4. The molecule has 138 valence electrons. The zero-order chi connectivity index (χ0) is 17.2. The van der Waals surface area contributed by atoms with Gasteiger partial charge in [0.05, 0.1) is 6.54 Å². The van der Waals surface area contributed by atoms with Gasteiger partial charge in [-0.2, -0.15) is 0 Å². The number of halogens is 1. The fourth-order valence-electron chi connectivity index (χ4n) is 2.03. The van der Waals surface area contributed by atoms with Crippen LogP contribution in [-0.4, -0.2) is 56.7 Å². The van der Waals surface area contributed by atoms with Gasteiger partial charge in [0, 0.05) is 26.2 Å². The third-order valence-electron chi connectivity index (χ3n) is 3.75. The van der Waals surface area contributed by atoms with E-state index < -0.39 is 0 Å². The number of aliphatic imine (C=N–C) groups is 1. The van der Waals surface area contributed by atoms with Gasteiger partial charge in [0.1, 0.15) is 11.9 Å². The molecule has 0 heterocycles. The Morgan fingerprint density at radius 3 is 2.54 bits per heavy atom. The van der Waals surface area contributed by atoms with E-state index in [1.807, 2.05) is 18.2 Å². The minimum absolute atomic E-state index is 0. The van der Waals surface area contributed by atoms with Crippen molar-refractivity contribution < 1.29 is 4.74 Å². The maximum absolute atomic E-state index is 5.91. The fourth-order valence-corrected chi connectivity index (χ4v) is 2.03. The van der Waals surface area contributed by atoms with Gasteiger partial charge in [-0.05, 0) is 52.4 Å². The molecule has 2 N–H and O–H groups in total. The third-order valence-corrected chi connectivity index (χ3v) is 3.75. The van der Waals surface area contributed by atoms with Crippen molar-refractivity contribution in [1.82, 2.24) is 15.5 Å². The van der Waals surface area contributed by atoms with Crippen molar-refractivity contribution >= 4 is 29.9 Å². The van der Waals surface area contributed by atoms with Gasteiger partial charge >= 0.3 is 0 Å². The Morgan fingerprint density at radius 2 is 1.96 bits per heavy atom. The topological polar surface area (TPSA) is 48.9 Å². The van der Waals surface area contributed by atoms with Gasteiger partial charge in [-0.15, -0.1) is 24.0 Å². The van der Waals surface area contributed by atoms with Gasteiger partial charge in [0.25, 0.3) is 0 Å². The van der Waals surface area contributed by atoms with Crippen molar-refractivity contribution in [3.8, 4) is 5.75 Å². The highest BCUT2D eigenvalue weighted by Crippen LogP contribution is 2.13. The Kier molecular flexibility index (Phi) is 11.8. The Morgan fingerprint density at radius 1 is 1.25 bits per heavy atom. The van der Waals surface area contributed by atoms with Crippen molar-refractivity contribution in [2.75, 3.05) is 33.7 Å². The molecule has 0 aliphatic rings. The van der Waals surface area contributed by atoms with Crippen LogP contribution in [0.1, 0.15) is 26.3 Å². The molecule has 0 aliphatic carbocycles. The highest BCUT2D eigenvalue weighted by Gasteiger charge is 2.07. The summed E-state index contributed by atoms with van der Waals surface area (Å²) in [6.45, 7) is 11.0. The molecular weight excluding hydrogens is 415 g/mol. The molecule has 24 heavy (non-hydrogen) atoms. The number of ether oxygens (including phenoxy) is 1. The Labute approximate surface area is 164 Å². The lowest BCUT2D eigenvalue weighted by Gasteiger charge is -2.22. The molecule has 0 bridgehead atoms. The summed E-state index contributed by atoms with van der Waals surface area (Å²) in [5.41, 5.74) is 1.20. The number of nitrogens with one attached hydrogen (secondary N) is 2. The summed E-state index contributed by atoms with van der Waals surface area (Å²) in [5, 5.41) is 6.63. The zero-order valence-electron chi connectivity index (χ0n) is 15.8. The molecule has 0 aliphatic heterocycles. The molecular formula is C18H33IN4O. The van der Waals surface area contributed by atoms with Crippen LogP contribution in [0.3, 0.4) is 0 Å². The Balaban J connectivity index is 0.00000529. The molecule has 1 atom stereocenters. The standard InChI is InChI=1S/C18H32N4O.HI/c1-14(2)22(6)11-10-20-18(19-5)21-13-16(4)23-17-9-7-8-15(3)12-17;/h7-9,12,14,16H,10-11,13H2,1-6H3,(H2,19,20,21);1H. The third kappa shape index (κ3) is 9.32. The van der Waals surface area contributed by atoms with Gasteiger partial charge in [0.15, 0.2) is 5.96 Å². The summed E-state index contributed by atoms with van der Waals surface area (Å²) in [6.07, 6.45) is 0.0636. The molecule has 1 rings (SSSR count). The first-order valence-electron chi connectivity index (χ1n) is 8.30. The van der Waals surface area contributed by atoms with Gasteiger partial charge in [0.2, 0.25) is 0 Å². The molecule has 0 saturated carbocycles. The van der Waals surface area contributed by atoms with Crippen LogP contribution in [0.15, 0.2) is 29.3 Å². The first kappa shape index (κ1) is 23.0. The van der Waals surface area contributed by atoms with E-state index in [9.17, 15) is 0 Å². The van der Waals surface area contributed by atoms with E-state index in [4.69, 9.17) is 4.74 Å². The van der Waals surface area contributed by atoms with Crippen LogP contribution >= 0.6 is 24.0 Å². The predicted molar refractivity (Wildman–Crippen MR) is 114 cm³/mol. The molecule has 5 nitrogen and oxygen atoms in total. The Hall–Kier alpha value is -1.02. The van der Waals surface area contributed by atoms with E-state index >= 15 is 0 Å². The second-order valence-corrected chi connectivity index (χ2v) is 6.20. The molecule has 0 saturated heterocycles. The first-order chi connectivity index (χ1) is 10.9. The van der Waals surface area contributed by atoms with Crippen LogP contribution in [0.2, 0.25) is 0 Å². The van der Waals surface area contributed by atoms with E-state index in [0.717, 1.165) is 24.8 Å². The fraction of sp³-hybridized carbons (Fsp3) is 0.611. The Bertz CT molecular complexity index is 494. The minimum atomic E-state index is 0. The van der Waals surface area contributed by atoms with Gasteiger partial charge in [-0.3, -0.25) is 4.99 Å². The van der Waals surface area contributed by atoms with E-state index in [1.165, 1.54) is 5.56 Å². The predicted octanol–water partition coefficient (Wildman–Crippen LogP) is 2.89. The number of hydrogen-bond donors (Lipinski definition) is 2. The molecule has 0 radical (unpaired) electrons. The SMILES string of the molecule is CN=C(NCCN(C)C(C)C)NCC(C)Oc1cccc(C)c1.I. The zero-order valence-corrected chi connectivity index (χ0v) is 18.1. The maximum Gasteiger partial charge on any atom is 0.191 e. The average molecular weight is 448 g/mol. The molecule has 1 aromatic carbocycles. The first-order valence-corrected chi connectivity index (χ1v) is 8.30. The summed E-state index contributed by atoms with van der Waals surface area (Å²) in [4.78, 5) is 6.54. The van der Waals surface area contributed by atoms with Crippen LogP contribution in [0, 0.1) is 6.92 Å². The average Bonchev–Trinajstić information content (AvgIpc) is 2.50. The molecule has 0 amide bonds. The molecule has 6 heteroatoms. The number of rotatable bonds is 8. The number of aryl methyl sites for hydroxylation is 1. The maximum atomic E-state index is 5.91. The lowest BCUT2D eigenvalue weighted by atomic mass is 10.2. The number of nitrogens with zero attached hydrogens (tertiary/aromatic N) is 2. The summed E-state index contributed by atoms with van der Waals surface area (Å²) >= 11 is 0. The van der Waals surface area contributed by atoms with Crippen molar-refractivity contribution in [3.63, 3.8) is 0 Å². The van der Waals surface area contributed by atoms with Crippen molar-refractivity contribution in [3.05, 3.63) is 29.8 Å². The largest absolute Gasteiger partial charge is 0.489 e. The highest BCUT2D eigenvalue weighted by atomic mass is 127. The van der Waals surface area contributed by atoms with Gasteiger partial charge in [-0.25, -0.2) is 0 Å². The summed E-state index contributed by atoms with van der Waals surface area (Å²) in [7, 11) is 3.91. The van der Waals surface area contributed by atoms with Crippen LogP contribution in [0.5, 0.6) is 5.75 Å². The van der Waals surface area contributed by atoms with E-state index in [0.29, 0.717) is 12.6 Å². The molecule has 0 spiro atoms. The number of likely N-dealkylation sites (N-methyl/N-ethyl adjacent to an activating group) is 1. The minimum Gasteiger partial charge on any atom is -0.489 e. The van der Waals surface area contributed by atoms with Crippen molar-refractivity contribution in [2.24, 2.45) is 4.99 Å². The van der Waals surface area contributed by atoms with Crippen molar-refractivity contribution in [2.45, 2.75) is 39.8 Å². The highest BCUT2D eigenvalue weighted by molar-refractivity contribution is 14.0. The van der Waals surface area contributed by atoms with Gasteiger partial charge in [-0.1, -0.05) is 12.1 Å². The molecule has 1 unspecified atom stereocenters. The van der Waals surface area contributed by atoms with Crippen LogP contribution in [-0.2, 0) is 0 Å². The van der Waals surface area contributed by atoms with E-state index in [-0.39, 0.29) is 30.1 Å². The molecule has 1 aromatic rings. The lowest BCUT2D eigenvalue weighted by molar-refractivity contribution is 0.223. The quantitative estimate of drug-likeness (QED) is 0.365. The monoisotopic (exact) mass is 448 g/mol. The molecule has 0 fully saturated rings. The number of hydrogen-bond acceptors (Lipinski definition) is 3. The lowest BCUT2D eigenvalue weighted by Crippen LogP contribution is -2.44. The van der Waals surface area contributed by atoms with Crippen LogP contribution in [0.4, 0.5) is 0 Å². The summed E-state index contributed by atoms with van der Waals surface area (Å²) in [5.74, 6) is 1.71. The number of benzene rings is 1. The van der Waals surface area contributed by atoms with Crippen LogP contribution < -0.4 is 15.4 Å². The van der Waals surface area contributed by atoms with Crippen LogP contribution in [0.25, 0.3) is 0 Å². The second-order valence-electron chi connectivity index (χ2n) is 6.20. The van der Waals surface area contributed by atoms with E-state index in [2.05, 4.69) is 61.3 Å². The normalized spacial score (nSPS) is 12.8. The van der Waals surface area contributed by atoms with Crippen molar-refractivity contribution in [1.29, 1.82) is 0 Å². The van der Waals surface area contributed by atoms with Gasteiger partial charge < -0.3 is 20.3 Å². The summed E-state index contributed by atoms with van der Waals surface area (Å²) in [6, 6.07) is 8.66. The molecule has 0 aromatic heterocycles. The van der Waals surface area contributed by atoms with E-state index in [1.54, 1.807) is 7.05 Å². The summed E-state index contributed by atoms with van der Waals surface area (Å²) < 4.78 is 5.91. The number of guanidine groups is 1. The smallest absolute Gasteiger partial charge is 0.191 e.